The van der Waals surface area contributed by atoms with Crippen LogP contribution in [0.15, 0.2) is 36.4 Å². The van der Waals surface area contributed by atoms with Gasteiger partial charge in [-0.15, -0.1) is 0 Å². The van der Waals surface area contributed by atoms with Gasteiger partial charge in [-0.2, -0.15) is 0 Å². The summed E-state index contributed by atoms with van der Waals surface area (Å²) >= 11 is 0. The van der Waals surface area contributed by atoms with E-state index in [-0.39, 0.29) is 0 Å². The molecule has 0 aromatic heterocycles. The molecule has 1 atom stereocenters. The van der Waals surface area contributed by atoms with Gasteiger partial charge in [-0.25, -0.2) is 0 Å². The first-order chi connectivity index (χ1) is 11.8. The maximum Gasteiger partial charge on any atom is 0.222 e. The monoisotopic (exact) mass is 328 g/mol. The summed E-state index contributed by atoms with van der Waals surface area (Å²) in [4.78, 5) is 16.7. The molecule has 0 saturated carbocycles. The number of hydrogen-bond acceptors (Lipinski definition) is 3. The van der Waals surface area contributed by atoms with Crippen LogP contribution in [0.25, 0.3) is 6.08 Å². The number of ether oxygens (including phenoxy) is 1. The number of benzene rings is 1. The lowest BCUT2D eigenvalue weighted by Gasteiger charge is -2.34. The largest absolute Gasteiger partial charge is 0.378 e. The Morgan fingerprint density at radius 3 is 2.67 bits per heavy atom. The lowest BCUT2D eigenvalue weighted by atomic mass is 10.1. The van der Waals surface area contributed by atoms with Crippen molar-refractivity contribution in [2.24, 2.45) is 0 Å². The first-order valence-electron chi connectivity index (χ1n) is 9.14. The summed E-state index contributed by atoms with van der Waals surface area (Å²) in [6.07, 6.45) is 8.49. The standard InChI is InChI=1S/C20H28N2O2/c23-20(11-10-19-9-5-17-24-19)22-15-13-21(14-16-22)12-4-8-18-6-2-1-3-7-18/h1-4,6-8,19H,5,9-17H2. The minimum Gasteiger partial charge on any atom is -0.378 e. The van der Waals surface area contributed by atoms with Crippen molar-refractivity contribution < 1.29 is 9.53 Å². The summed E-state index contributed by atoms with van der Waals surface area (Å²) in [5.41, 5.74) is 1.24. The molecule has 0 N–H and O–H groups in total. The topological polar surface area (TPSA) is 32.8 Å². The Kier molecular flexibility index (Phi) is 6.44. The molecule has 1 amide bonds. The third kappa shape index (κ3) is 5.18. The molecule has 0 aliphatic carbocycles. The lowest BCUT2D eigenvalue weighted by molar-refractivity contribution is -0.133. The fourth-order valence-electron chi connectivity index (χ4n) is 3.40. The van der Waals surface area contributed by atoms with E-state index in [1.807, 2.05) is 11.0 Å². The van der Waals surface area contributed by atoms with E-state index in [9.17, 15) is 4.79 Å². The van der Waals surface area contributed by atoms with Gasteiger partial charge in [0.1, 0.15) is 0 Å². The van der Waals surface area contributed by atoms with Crippen LogP contribution in [0.2, 0.25) is 0 Å². The average Bonchev–Trinajstić information content (AvgIpc) is 3.15. The molecule has 4 heteroatoms. The van der Waals surface area contributed by atoms with Gasteiger partial charge in [-0.3, -0.25) is 9.69 Å². The molecular formula is C20H28N2O2. The number of carbonyl (C=O) groups excluding carboxylic acids is 1. The van der Waals surface area contributed by atoms with Gasteiger partial charge in [0.05, 0.1) is 6.10 Å². The van der Waals surface area contributed by atoms with Crippen molar-refractivity contribution in [1.29, 1.82) is 0 Å². The maximum absolute atomic E-state index is 12.3. The highest BCUT2D eigenvalue weighted by molar-refractivity contribution is 5.76. The molecule has 24 heavy (non-hydrogen) atoms. The SMILES string of the molecule is O=C(CCC1CCCO1)N1CCN(CC=Cc2ccccc2)CC1. The van der Waals surface area contributed by atoms with Crippen LogP contribution in [0.4, 0.5) is 0 Å². The predicted octanol–water partition coefficient (Wildman–Crippen LogP) is 2.80. The molecule has 2 saturated heterocycles. The van der Waals surface area contributed by atoms with Gasteiger partial charge in [0, 0.05) is 45.8 Å². The Balaban J connectivity index is 1.34. The molecule has 1 unspecified atom stereocenters. The van der Waals surface area contributed by atoms with E-state index >= 15 is 0 Å². The van der Waals surface area contributed by atoms with Gasteiger partial charge in [0.2, 0.25) is 5.91 Å². The van der Waals surface area contributed by atoms with E-state index in [1.54, 1.807) is 0 Å². The van der Waals surface area contributed by atoms with Crippen molar-refractivity contribution in [1.82, 2.24) is 9.80 Å². The Morgan fingerprint density at radius 2 is 1.96 bits per heavy atom. The molecule has 1 aromatic rings. The highest BCUT2D eigenvalue weighted by atomic mass is 16.5. The molecule has 3 rings (SSSR count). The van der Waals surface area contributed by atoms with Gasteiger partial charge in [0.15, 0.2) is 0 Å². The first-order valence-corrected chi connectivity index (χ1v) is 9.14. The molecular weight excluding hydrogens is 300 g/mol. The summed E-state index contributed by atoms with van der Waals surface area (Å²) in [5.74, 6) is 0.296. The molecule has 0 radical (unpaired) electrons. The summed E-state index contributed by atoms with van der Waals surface area (Å²) in [6.45, 7) is 5.45. The van der Waals surface area contributed by atoms with Crippen LogP contribution in [0.3, 0.4) is 0 Å². The fourth-order valence-corrected chi connectivity index (χ4v) is 3.40. The second-order valence-electron chi connectivity index (χ2n) is 6.67. The first kappa shape index (κ1) is 17.2. The quantitative estimate of drug-likeness (QED) is 0.805. The van der Waals surface area contributed by atoms with E-state index in [0.29, 0.717) is 18.4 Å². The second-order valence-corrected chi connectivity index (χ2v) is 6.67. The average molecular weight is 328 g/mol. The number of hydrogen-bond donors (Lipinski definition) is 0. The van der Waals surface area contributed by atoms with Crippen LogP contribution in [0.5, 0.6) is 0 Å². The molecule has 2 fully saturated rings. The maximum atomic E-state index is 12.3. The molecule has 2 heterocycles. The zero-order valence-corrected chi connectivity index (χ0v) is 14.4. The summed E-state index contributed by atoms with van der Waals surface area (Å²) in [6, 6.07) is 10.4. The van der Waals surface area contributed by atoms with Crippen molar-refractivity contribution in [3.05, 3.63) is 42.0 Å². The van der Waals surface area contributed by atoms with Crippen LogP contribution in [-0.4, -0.2) is 61.1 Å². The van der Waals surface area contributed by atoms with Gasteiger partial charge in [0.25, 0.3) is 0 Å². The smallest absolute Gasteiger partial charge is 0.222 e. The summed E-state index contributed by atoms with van der Waals surface area (Å²) < 4.78 is 5.60. The van der Waals surface area contributed by atoms with Crippen LogP contribution >= 0.6 is 0 Å². The Bertz CT molecular complexity index is 530. The van der Waals surface area contributed by atoms with Gasteiger partial charge in [-0.05, 0) is 24.8 Å². The number of nitrogens with zero attached hydrogens (tertiary/aromatic N) is 2. The molecule has 130 valence electrons. The van der Waals surface area contributed by atoms with Crippen LogP contribution in [-0.2, 0) is 9.53 Å². The lowest BCUT2D eigenvalue weighted by Crippen LogP contribution is -2.48. The predicted molar refractivity (Wildman–Crippen MR) is 96.7 cm³/mol. The van der Waals surface area contributed by atoms with E-state index in [2.05, 4.69) is 41.3 Å². The number of rotatable bonds is 6. The van der Waals surface area contributed by atoms with Gasteiger partial charge < -0.3 is 9.64 Å². The molecule has 2 aliphatic heterocycles. The Hall–Kier alpha value is -1.65. The normalized spacial score (nSPS) is 22.3. The molecule has 0 spiro atoms. The molecule has 0 bridgehead atoms. The second kappa shape index (κ2) is 9.00. The summed E-state index contributed by atoms with van der Waals surface area (Å²) in [7, 11) is 0. The van der Waals surface area contributed by atoms with Crippen LogP contribution in [0.1, 0.15) is 31.2 Å². The highest BCUT2D eigenvalue weighted by Gasteiger charge is 2.22. The van der Waals surface area contributed by atoms with E-state index in [0.717, 1.165) is 58.6 Å². The number of piperazine rings is 1. The van der Waals surface area contributed by atoms with Crippen molar-refractivity contribution >= 4 is 12.0 Å². The Labute approximate surface area is 145 Å². The van der Waals surface area contributed by atoms with Crippen molar-refractivity contribution in [3.63, 3.8) is 0 Å². The molecule has 1 aromatic carbocycles. The van der Waals surface area contributed by atoms with E-state index in [4.69, 9.17) is 4.74 Å². The van der Waals surface area contributed by atoms with Gasteiger partial charge in [-0.1, -0.05) is 42.5 Å². The highest BCUT2D eigenvalue weighted by Crippen LogP contribution is 2.17. The van der Waals surface area contributed by atoms with Crippen molar-refractivity contribution in [3.8, 4) is 0 Å². The zero-order chi connectivity index (χ0) is 16.6. The van der Waals surface area contributed by atoms with Crippen molar-refractivity contribution in [2.75, 3.05) is 39.3 Å². The summed E-state index contributed by atoms with van der Waals surface area (Å²) in [5, 5.41) is 0. The van der Waals surface area contributed by atoms with E-state index < -0.39 is 0 Å². The van der Waals surface area contributed by atoms with Gasteiger partial charge >= 0.3 is 0 Å². The van der Waals surface area contributed by atoms with Crippen LogP contribution < -0.4 is 0 Å². The van der Waals surface area contributed by atoms with Crippen LogP contribution in [0, 0.1) is 0 Å². The number of amides is 1. The molecule has 2 aliphatic rings. The minimum absolute atomic E-state index is 0.296. The third-order valence-electron chi connectivity index (χ3n) is 4.90. The molecule has 4 nitrogen and oxygen atoms in total. The minimum atomic E-state index is 0.296. The number of carbonyl (C=O) groups is 1. The van der Waals surface area contributed by atoms with E-state index in [1.165, 1.54) is 5.56 Å². The Morgan fingerprint density at radius 1 is 1.17 bits per heavy atom. The zero-order valence-electron chi connectivity index (χ0n) is 14.4. The third-order valence-corrected chi connectivity index (χ3v) is 4.90. The fraction of sp³-hybridized carbons (Fsp3) is 0.550. The van der Waals surface area contributed by atoms with Crippen molar-refractivity contribution in [2.45, 2.75) is 31.8 Å².